The van der Waals surface area contributed by atoms with Gasteiger partial charge in [0.15, 0.2) is 0 Å². The summed E-state index contributed by atoms with van der Waals surface area (Å²) in [4.78, 5) is 19.2. The minimum Gasteiger partial charge on any atom is -0.474 e. The van der Waals surface area contributed by atoms with E-state index in [4.69, 9.17) is 16.3 Å². The second-order valence-electron chi connectivity index (χ2n) is 6.87. The minimum atomic E-state index is 0.145. The molecule has 2 aliphatic rings. The molecule has 0 radical (unpaired) electrons. The molecule has 0 spiro atoms. The van der Waals surface area contributed by atoms with E-state index in [1.807, 2.05) is 42.5 Å². The number of fused-ring (bicyclic) bond motifs is 2. The van der Waals surface area contributed by atoms with E-state index in [9.17, 15) is 4.79 Å². The van der Waals surface area contributed by atoms with Gasteiger partial charge in [0.1, 0.15) is 6.10 Å². The maximum atomic E-state index is 12.8. The molecule has 1 aromatic heterocycles. The molecule has 2 aromatic rings. The highest BCUT2D eigenvalue weighted by atomic mass is 35.5. The number of hydrogen-bond acceptors (Lipinski definition) is 3. The van der Waals surface area contributed by atoms with E-state index in [1.165, 1.54) is 0 Å². The fourth-order valence-electron chi connectivity index (χ4n) is 4.09. The lowest BCUT2D eigenvalue weighted by molar-refractivity contribution is -0.136. The number of carbonyl (C=O) groups is 1. The first-order valence-electron chi connectivity index (χ1n) is 8.82. The Kier molecular flexibility index (Phi) is 4.62. The van der Waals surface area contributed by atoms with Crippen LogP contribution in [0.15, 0.2) is 48.7 Å². The van der Waals surface area contributed by atoms with Gasteiger partial charge < -0.3 is 9.64 Å². The van der Waals surface area contributed by atoms with Crippen molar-refractivity contribution in [2.24, 2.45) is 0 Å². The first kappa shape index (κ1) is 16.4. The van der Waals surface area contributed by atoms with Crippen molar-refractivity contribution in [3.63, 3.8) is 0 Å². The molecule has 2 atom stereocenters. The molecule has 130 valence electrons. The van der Waals surface area contributed by atoms with Crippen LogP contribution >= 0.6 is 11.6 Å². The zero-order valence-electron chi connectivity index (χ0n) is 14.0. The fraction of sp³-hybridized carbons (Fsp3) is 0.400. The smallest absolute Gasteiger partial charge is 0.227 e. The molecule has 25 heavy (non-hydrogen) atoms. The largest absolute Gasteiger partial charge is 0.474 e. The van der Waals surface area contributed by atoms with Crippen molar-refractivity contribution in [3.8, 4) is 5.88 Å². The van der Waals surface area contributed by atoms with E-state index in [0.717, 1.165) is 31.2 Å². The lowest BCUT2D eigenvalue weighted by Crippen LogP contribution is -2.49. The summed E-state index contributed by atoms with van der Waals surface area (Å²) in [6, 6.07) is 13.8. The van der Waals surface area contributed by atoms with Crippen molar-refractivity contribution in [2.75, 3.05) is 0 Å². The van der Waals surface area contributed by atoms with Gasteiger partial charge in [-0.05, 0) is 36.6 Å². The van der Waals surface area contributed by atoms with Gasteiger partial charge >= 0.3 is 0 Å². The third kappa shape index (κ3) is 3.64. The van der Waals surface area contributed by atoms with Gasteiger partial charge in [-0.15, -0.1) is 0 Å². The third-order valence-corrected chi connectivity index (χ3v) is 5.42. The summed E-state index contributed by atoms with van der Waals surface area (Å²) >= 11 is 5.92. The zero-order valence-corrected chi connectivity index (χ0v) is 14.7. The van der Waals surface area contributed by atoms with Crippen LogP contribution in [0.1, 0.15) is 31.2 Å². The summed E-state index contributed by atoms with van der Waals surface area (Å²) in [5.41, 5.74) is 1.01. The van der Waals surface area contributed by atoms with Gasteiger partial charge in [-0.3, -0.25) is 4.79 Å². The summed E-state index contributed by atoms with van der Waals surface area (Å²) < 4.78 is 6.03. The molecule has 4 rings (SSSR count). The molecule has 1 amide bonds. The summed E-state index contributed by atoms with van der Waals surface area (Å²) in [6.45, 7) is 0. The summed E-state index contributed by atoms with van der Waals surface area (Å²) in [5.74, 6) is 0.888. The molecular weight excluding hydrogens is 336 g/mol. The fourth-order valence-corrected chi connectivity index (χ4v) is 4.21. The van der Waals surface area contributed by atoms with Crippen molar-refractivity contribution < 1.29 is 9.53 Å². The second kappa shape index (κ2) is 7.04. The minimum absolute atomic E-state index is 0.145. The highest BCUT2D eigenvalue weighted by Crippen LogP contribution is 2.37. The Bertz CT molecular complexity index is 721. The first-order valence-corrected chi connectivity index (χ1v) is 9.20. The molecule has 4 nitrogen and oxygen atoms in total. The Labute approximate surface area is 152 Å². The molecule has 1 aromatic carbocycles. The number of aromatic nitrogens is 1. The van der Waals surface area contributed by atoms with Crippen LogP contribution in [0, 0.1) is 0 Å². The van der Waals surface area contributed by atoms with Gasteiger partial charge in [0.25, 0.3) is 0 Å². The van der Waals surface area contributed by atoms with Gasteiger partial charge in [-0.2, -0.15) is 0 Å². The Morgan fingerprint density at radius 3 is 2.48 bits per heavy atom. The molecule has 0 aliphatic carbocycles. The van der Waals surface area contributed by atoms with Crippen LogP contribution in [0.25, 0.3) is 0 Å². The second-order valence-corrected chi connectivity index (χ2v) is 7.30. The SMILES string of the molecule is O=C(Cc1ccc(Cl)cc1)N1C2CCC1CC(Oc1ccccn1)C2. The van der Waals surface area contributed by atoms with Gasteiger partial charge in [0.2, 0.25) is 11.8 Å². The maximum Gasteiger partial charge on any atom is 0.227 e. The Balaban J connectivity index is 1.40. The van der Waals surface area contributed by atoms with Crippen LogP contribution in [-0.2, 0) is 11.2 Å². The van der Waals surface area contributed by atoms with Crippen molar-refractivity contribution in [1.29, 1.82) is 0 Å². The molecule has 2 fully saturated rings. The number of nitrogens with zero attached hydrogens (tertiary/aromatic N) is 2. The van der Waals surface area contributed by atoms with Crippen molar-refractivity contribution in [2.45, 2.75) is 50.3 Å². The van der Waals surface area contributed by atoms with Crippen LogP contribution in [0.5, 0.6) is 5.88 Å². The lowest BCUT2D eigenvalue weighted by atomic mass is 9.98. The number of halogens is 1. The number of ether oxygens (including phenoxy) is 1. The molecular formula is C20H21ClN2O2. The molecule has 0 saturated carbocycles. The third-order valence-electron chi connectivity index (χ3n) is 5.17. The molecule has 2 aliphatic heterocycles. The highest BCUT2D eigenvalue weighted by Gasteiger charge is 2.43. The van der Waals surface area contributed by atoms with Crippen LogP contribution in [0.2, 0.25) is 5.02 Å². The predicted octanol–water partition coefficient (Wildman–Crippen LogP) is 3.88. The molecule has 2 unspecified atom stereocenters. The average Bonchev–Trinajstić information content (AvgIpc) is 2.89. The summed E-state index contributed by atoms with van der Waals surface area (Å²) in [6.07, 6.45) is 6.24. The van der Waals surface area contributed by atoms with Crippen LogP contribution in [0.4, 0.5) is 0 Å². The molecule has 2 bridgehead atoms. The van der Waals surface area contributed by atoms with Gasteiger partial charge in [0, 0.05) is 42.2 Å². The quantitative estimate of drug-likeness (QED) is 0.835. The van der Waals surface area contributed by atoms with E-state index >= 15 is 0 Å². The van der Waals surface area contributed by atoms with Crippen molar-refractivity contribution >= 4 is 17.5 Å². The first-order chi connectivity index (χ1) is 12.2. The Hall–Kier alpha value is -2.07. The number of piperidine rings is 1. The number of pyridine rings is 1. The molecule has 0 N–H and O–H groups in total. The monoisotopic (exact) mass is 356 g/mol. The predicted molar refractivity (Wildman–Crippen MR) is 96.7 cm³/mol. The number of carbonyl (C=O) groups excluding carboxylic acids is 1. The van der Waals surface area contributed by atoms with E-state index in [1.54, 1.807) is 6.20 Å². The number of amides is 1. The van der Waals surface area contributed by atoms with Crippen LogP contribution in [0.3, 0.4) is 0 Å². The van der Waals surface area contributed by atoms with Gasteiger partial charge in [-0.25, -0.2) is 4.98 Å². The average molecular weight is 357 g/mol. The van der Waals surface area contributed by atoms with E-state index in [-0.39, 0.29) is 24.1 Å². The standard InChI is InChI=1S/C20H21ClN2O2/c21-15-6-4-14(5-7-15)11-20(24)23-16-8-9-17(23)13-18(12-16)25-19-3-1-2-10-22-19/h1-7,10,16-18H,8-9,11-13H2. The summed E-state index contributed by atoms with van der Waals surface area (Å²) in [7, 11) is 0. The van der Waals surface area contributed by atoms with Crippen LogP contribution < -0.4 is 4.74 Å². The van der Waals surface area contributed by atoms with E-state index in [2.05, 4.69) is 9.88 Å². The number of benzene rings is 1. The number of hydrogen-bond donors (Lipinski definition) is 0. The van der Waals surface area contributed by atoms with E-state index < -0.39 is 0 Å². The Morgan fingerprint density at radius 1 is 1.12 bits per heavy atom. The van der Waals surface area contributed by atoms with Crippen LogP contribution in [-0.4, -0.2) is 34.0 Å². The molecule has 5 heteroatoms. The molecule has 2 saturated heterocycles. The van der Waals surface area contributed by atoms with Crippen molar-refractivity contribution in [1.82, 2.24) is 9.88 Å². The zero-order chi connectivity index (χ0) is 17.2. The maximum absolute atomic E-state index is 12.8. The van der Waals surface area contributed by atoms with Gasteiger partial charge in [-0.1, -0.05) is 29.8 Å². The van der Waals surface area contributed by atoms with Crippen molar-refractivity contribution in [3.05, 3.63) is 59.2 Å². The normalized spacial score (nSPS) is 25.0. The molecule has 3 heterocycles. The summed E-state index contributed by atoms with van der Waals surface area (Å²) in [5, 5.41) is 0.698. The topological polar surface area (TPSA) is 42.4 Å². The number of rotatable bonds is 4. The Morgan fingerprint density at radius 2 is 1.84 bits per heavy atom. The van der Waals surface area contributed by atoms with Gasteiger partial charge in [0.05, 0.1) is 6.42 Å². The lowest BCUT2D eigenvalue weighted by Gasteiger charge is -2.38. The van der Waals surface area contributed by atoms with E-state index in [0.29, 0.717) is 17.3 Å². The highest BCUT2D eigenvalue weighted by molar-refractivity contribution is 6.30.